The Labute approximate surface area is 196 Å². The molecule has 1 saturated carbocycles. The molecular weight excluding hydrogens is 442 g/mol. The highest BCUT2D eigenvalue weighted by molar-refractivity contribution is 7.84. The van der Waals surface area contributed by atoms with Gasteiger partial charge in [0.1, 0.15) is 18.2 Å². The summed E-state index contributed by atoms with van der Waals surface area (Å²) in [5, 5.41) is 9.56. The standard InChI is InChI=1S/C23H31N5O4S/c1-4-21(29)25-17-6-5-7-18(14-17)26-22-20(33(3)30)15-24-23(28-22)27-16-8-10-19(11-9-16)32-13-12-31-2/h4,8-11,15,17-18H,1,5-7,12-14H2,2-3H3,(H,25,29)(H2,24,26,27,28). The summed E-state index contributed by atoms with van der Waals surface area (Å²) < 4.78 is 22.8. The Morgan fingerprint density at radius 1 is 1.24 bits per heavy atom. The normalized spacial score (nSPS) is 18.7. The van der Waals surface area contributed by atoms with Crippen LogP contribution in [0.1, 0.15) is 25.7 Å². The topological polar surface area (TPSA) is 114 Å². The van der Waals surface area contributed by atoms with Gasteiger partial charge in [-0.2, -0.15) is 4.98 Å². The minimum atomic E-state index is -1.25. The average Bonchev–Trinajstić information content (AvgIpc) is 2.80. The van der Waals surface area contributed by atoms with Gasteiger partial charge in [-0.25, -0.2) is 4.98 Å². The highest BCUT2D eigenvalue weighted by Crippen LogP contribution is 2.26. The van der Waals surface area contributed by atoms with Gasteiger partial charge in [-0.1, -0.05) is 6.58 Å². The van der Waals surface area contributed by atoms with Gasteiger partial charge in [0.05, 0.1) is 28.5 Å². The van der Waals surface area contributed by atoms with Crippen molar-refractivity contribution in [2.45, 2.75) is 42.7 Å². The van der Waals surface area contributed by atoms with Crippen molar-refractivity contribution in [3.05, 3.63) is 43.1 Å². The summed E-state index contributed by atoms with van der Waals surface area (Å²) in [5.41, 5.74) is 0.801. The van der Waals surface area contributed by atoms with Crippen molar-refractivity contribution in [2.75, 3.05) is 37.2 Å². The fourth-order valence-corrected chi connectivity index (χ4v) is 4.23. The molecule has 10 heteroatoms. The molecule has 3 N–H and O–H groups in total. The molecule has 178 valence electrons. The first-order valence-electron chi connectivity index (χ1n) is 10.9. The monoisotopic (exact) mass is 473 g/mol. The quantitative estimate of drug-likeness (QED) is 0.337. The number of nitrogens with one attached hydrogen (secondary N) is 3. The molecule has 0 radical (unpaired) electrons. The summed E-state index contributed by atoms with van der Waals surface area (Å²) >= 11 is 0. The molecule has 1 amide bonds. The van der Waals surface area contributed by atoms with Crippen LogP contribution in [-0.2, 0) is 20.3 Å². The Morgan fingerprint density at radius 2 is 2.00 bits per heavy atom. The van der Waals surface area contributed by atoms with E-state index in [2.05, 4.69) is 32.5 Å². The number of rotatable bonds is 11. The second kappa shape index (κ2) is 12.3. The summed E-state index contributed by atoms with van der Waals surface area (Å²) in [6.45, 7) is 4.52. The Bertz CT molecular complexity index is 970. The molecule has 9 nitrogen and oxygen atoms in total. The molecule has 1 aliphatic rings. The zero-order valence-corrected chi connectivity index (χ0v) is 19.8. The molecule has 3 unspecified atom stereocenters. The van der Waals surface area contributed by atoms with Crippen molar-refractivity contribution in [1.29, 1.82) is 0 Å². The van der Waals surface area contributed by atoms with Crippen molar-refractivity contribution in [1.82, 2.24) is 15.3 Å². The number of ether oxygens (including phenoxy) is 2. The molecule has 1 heterocycles. The van der Waals surface area contributed by atoms with E-state index >= 15 is 0 Å². The molecule has 3 rings (SSSR count). The summed E-state index contributed by atoms with van der Waals surface area (Å²) in [6, 6.07) is 7.62. The molecule has 1 aromatic heterocycles. The van der Waals surface area contributed by atoms with Gasteiger partial charge in [0.2, 0.25) is 11.9 Å². The van der Waals surface area contributed by atoms with Crippen molar-refractivity contribution in [3.63, 3.8) is 0 Å². The lowest BCUT2D eigenvalue weighted by Gasteiger charge is -2.30. The van der Waals surface area contributed by atoms with Crippen molar-refractivity contribution in [3.8, 4) is 5.75 Å². The second-order valence-corrected chi connectivity index (χ2v) is 9.12. The molecule has 3 atom stereocenters. The van der Waals surface area contributed by atoms with Crippen LogP contribution in [0.2, 0.25) is 0 Å². The predicted molar refractivity (Wildman–Crippen MR) is 129 cm³/mol. The molecule has 2 aromatic rings. The van der Waals surface area contributed by atoms with Gasteiger partial charge in [-0.3, -0.25) is 9.00 Å². The lowest BCUT2D eigenvalue weighted by atomic mass is 9.91. The third-order valence-electron chi connectivity index (χ3n) is 5.28. The van der Waals surface area contributed by atoms with E-state index in [1.807, 2.05) is 24.3 Å². The lowest BCUT2D eigenvalue weighted by molar-refractivity contribution is -0.117. The number of nitrogens with zero attached hydrogens (tertiary/aromatic N) is 2. The van der Waals surface area contributed by atoms with Crippen LogP contribution in [0.3, 0.4) is 0 Å². The minimum Gasteiger partial charge on any atom is -0.491 e. The highest BCUT2D eigenvalue weighted by atomic mass is 32.2. The fourth-order valence-electron chi connectivity index (χ4n) is 3.66. The first-order valence-corrected chi connectivity index (χ1v) is 12.4. The second-order valence-electron chi connectivity index (χ2n) is 7.77. The fraction of sp³-hybridized carbons (Fsp3) is 0.435. The zero-order chi connectivity index (χ0) is 23.6. The predicted octanol–water partition coefficient (Wildman–Crippen LogP) is 3.01. The number of hydrogen-bond acceptors (Lipinski definition) is 8. The molecule has 33 heavy (non-hydrogen) atoms. The van der Waals surface area contributed by atoms with Gasteiger partial charge in [0.15, 0.2) is 0 Å². The van der Waals surface area contributed by atoms with Crippen molar-refractivity contribution < 1.29 is 18.5 Å². The molecule has 0 spiro atoms. The number of amides is 1. The first kappa shape index (κ1) is 24.7. The van der Waals surface area contributed by atoms with Crippen LogP contribution in [0, 0.1) is 0 Å². The molecular formula is C23H31N5O4S. The molecule has 1 aliphatic carbocycles. The van der Waals surface area contributed by atoms with E-state index in [0.29, 0.717) is 29.9 Å². The van der Waals surface area contributed by atoms with E-state index in [9.17, 15) is 9.00 Å². The van der Waals surface area contributed by atoms with Crippen LogP contribution in [-0.4, -0.2) is 58.7 Å². The van der Waals surface area contributed by atoms with Crippen LogP contribution in [0.5, 0.6) is 5.75 Å². The Kier molecular flexibility index (Phi) is 9.20. The highest BCUT2D eigenvalue weighted by Gasteiger charge is 2.24. The zero-order valence-electron chi connectivity index (χ0n) is 19.0. The molecule has 0 saturated heterocycles. The van der Waals surface area contributed by atoms with E-state index in [4.69, 9.17) is 9.47 Å². The summed E-state index contributed by atoms with van der Waals surface area (Å²) in [6.07, 6.45) is 8.06. The van der Waals surface area contributed by atoms with Crippen molar-refractivity contribution >= 4 is 34.2 Å². The van der Waals surface area contributed by atoms with E-state index in [1.165, 1.54) is 6.08 Å². The van der Waals surface area contributed by atoms with E-state index < -0.39 is 10.8 Å². The minimum absolute atomic E-state index is 0.0707. The maximum atomic E-state index is 12.3. The van der Waals surface area contributed by atoms with Crippen LogP contribution >= 0.6 is 0 Å². The Hall–Kier alpha value is -2.98. The van der Waals surface area contributed by atoms with Gasteiger partial charge in [-0.05, 0) is 56.0 Å². The third kappa shape index (κ3) is 7.54. The molecule has 1 aromatic carbocycles. The number of carbonyl (C=O) groups excluding carboxylic acids is 1. The summed E-state index contributed by atoms with van der Waals surface area (Å²) in [5.74, 6) is 1.51. The van der Waals surface area contributed by atoms with E-state index in [-0.39, 0.29) is 18.0 Å². The number of benzene rings is 1. The van der Waals surface area contributed by atoms with Crippen LogP contribution in [0.4, 0.5) is 17.5 Å². The molecule has 0 aliphatic heterocycles. The largest absolute Gasteiger partial charge is 0.491 e. The van der Waals surface area contributed by atoms with Gasteiger partial charge >= 0.3 is 0 Å². The van der Waals surface area contributed by atoms with E-state index in [0.717, 1.165) is 37.1 Å². The summed E-state index contributed by atoms with van der Waals surface area (Å²) in [7, 11) is 0.380. The summed E-state index contributed by atoms with van der Waals surface area (Å²) in [4.78, 5) is 21.1. The van der Waals surface area contributed by atoms with Crippen LogP contribution in [0.25, 0.3) is 0 Å². The lowest BCUT2D eigenvalue weighted by Crippen LogP contribution is -2.41. The Balaban J connectivity index is 1.68. The number of hydrogen-bond donors (Lipinski definition) is 3. The van der Waals surface area contributed by atoms with Crippen LogP contribution < -0.4 is 20.7 Å². The first-order chi connectivity index (χ1) is 16.0. The van der Waals surface area contributed by atoms with Gasteiger partial charge < -0.3 is 25.4 Å². The van der Waals surface area contributed by atoms with Crippen LogP contribution in [0.15, 0.2) is 48.0 Å². The molecule has 1 fully saturated rings. The molecule has 0 bridgehead atoms. The average molecular weight is 474 g/mol. The van der Waals surface area contributed by atoms with E-state index in [1.54, 1.807) is 19.6 Å². The number of methoxy groups -OCH3 is 1. The number of carbonyl (C=O) groups is 1. The van der Waals surface area contributed by atoms with Gasteiger partial charge in [-0.15, -0.1) is 0 Å². The Morgan fingerprint density at radius 3 is 2.70 bits per heavy atom. The number of aromatic nitrogens is 2. The van der Waals surface area contributed by atoms with Gasteiger partial charge in [0.25, 0.3) is 0 Å². The number of anilines is 3. The van der Waals surface area contributed by atoms with Crippen molar-refractivity contribution in [2.24, 2.45) is 0 Å². The maximum Gasteiger partial charge on any atom is 0.243 e. The third-order valence-corrected chi connectivity index (χ3v) is 6.20. The smallest absolute Gasteiger partial charge is 0.243 e. The maximum absolute atomic E-state index is 12.3. The van der Waals surface area contributed by atoms with Gasteiger partial charge in [0, 0.05) is 31.1 Å². The SMILES string of the molecule is C=CC(=O)NC1CCCC(Nc2nc(Nc3ccc(OCCOC)cc3)ncc2S(C)=O)C1.